The second-order valence-electron chi connectivity index (χ2n) is 3.66. The van der Waals surface area contributed by atoms with E-state index in [4.69, 9.17) is 0 Å². The number of ketones is 1. The highest BCUT2D eigenvalue weighted by molar-refractivity contribution is 5.89. The summed E-state index contributed by atoms with van der Waals surface area (Å²) >= 11 is 0. The molecule has 0 fully saturated rings. The highest BCUT2D eigenvalue weighted by atomic mass is 16.1. The molecule has 0 radical (unpaired) electrons. The maximum Gasteiger partial charge on any atom is 0.157 e. The second-order valence-corrected chi connectivity index (χ2v) is 3.66. The first-order chi connectivity index (χ1) is 6.83. The van der Waals surface area contributed by atoms with Gasteiger partial charge in [-0.2, -0.15) is 0 Å². The minimum atomic E-state index is 0.255. The van der Waals surface area contributed by atoms with E-state index in [1.54, 1.807) is 6.08 Å². The number of unbranched alkanes of at least 4 members (excludes halogenated alkanes) is 2. The van der Waals surface area contributed by atoms with Crippen LogP contribution in [0.15, 0.2) is 24.4 Å². The topological polar surface area (TPSA) is 20.3 Å². The van der Waals surface area contributed by atoms with Crippen molar-refractivity contribution in [2.75, 3.05) is 13.1 Å². The van der Waals surface area contributed by atoms with Gasteiger partial charge in [0, 0.05) is 25.7 Å². The molecule has 0 amide bonds. The Balaban J connectivity index is 2.12. The Hall–Kier alpha value is -1.05. The molecular weight excluding hydrogens is 174 g/mol. The van der Waals surface area contributed by atoms with Crippen LogP contribution in [0.5, 0.6) is 0 Å². The van der Waals surface area contributed by atoms with E-state index in [0.29, 0.717) is 6.42 Å². The molecule has 0 N–H and O–H groups in total. The van der Waals surface area contributed by atoms with Crippen molar-refractivity contribution in [3.05, 3.63) is 24.4 Å². The van der Waals surface area contributed by atoms with Crippen molar-refractivity contribution in [1.29, 1.82) is 0 Å². The summed E-state index contributed by atoms with van der Waals surface area (Å²) in [4.78, 5) is 13.5. The SMILES string of the molecule is CCCCCC(=O)/C=C/N1CC=CC1. The summed E-state index contributed by atoms with van der Waals surface area (Å²) in [5.41, 5.74) is 0. The molecule has 0 spiro atoms. The van der Waals surface area contributed by atoms with Gasteiger partial charge in [0.2, 0.25) is 0 Å². The van der Waals surface area contributed by atoms with Crippen LogP contribution in [-0.2, 0) is 4.79 Å². The van der Waals surface area contributed by atoms with Gasteiger partial charge in [-0.3, -0.25) is 4.79 Å². The number of hydrogen-bond acceptors (Lipinski definition) is 2. The molecular formula is C12H19NO. The summed E-state index contributed by atoms with van der Waals surface area (Å²) in [5.74, 6) is 0.255. The van der Waals surface area contributed by atoms with Crippen molar-refractivity contribution in [3.63, 3.8) is 0 Å². The van der Waals surface area contributed by atoms with Crippen molar-refractivity contribution in [2.45, 2.75) is 32.6 Å². The summed E-state index contributed by atoms with van der Waals surface area (Å²) < 4.78 is 0. The van der Waals surface area contributed by atoms with Crippen LogP contribution in [0.2, 0.25) is 0 Å². The molecule has 0 atom stereocenters. The molecule has 0 aromatic rings. The number of carbonyl (C=O) groups excluding carboxylic acids is 1. The molecule has 0 aliphatic carbocycles. The Morgan fingerprint density at radius 2 is 2.07 bits per heavy atom. The minimum absolute atomic E-state index is 0.255. The Bertz CT molecular complexity index is 222. The zero-order valence-electron chi connectivity index (χ0n) is 8.91. The Labute approximate surface area is 86.3 Å². The fraction of sp³-hybridized carbons (Fsp3) is 0.583. The van der Waals surface area contributed by atoms with E-state index in [9.17, 15) is 4.79 Å². The van der Waals surface area contributed by atoms with Crippen molar-refractivity contribution in [1.82, 2.24) is 4.90 Å². The Morgan fingerprint density at radius 3 is 2.71 bits per heavy atom. The lowest BCUT2D eigenvalue weighted by Gasteiger charge is -2.09. The van der Waals surface area contributed by atoms with E-state index in [1.807, 2.05) is 6.20 Å². The third-order valence-corrected chi connectivity index (χ3v) is 2.34. The first-order valence-corrected chi connectivity index (χ1v) is 5.43. The highest BCUT2D eigenvalue weighted by Crippen LogP contribution is 2.02. The van der Waals surface area contributed by atoms with Crippen LogP contribution >= 0.6 is 0 Å². The third-order valence-electron chi connectivity index (χ3n) is 2.34. The molecule has 1 aliphatic heterocycles. The van der Waals surface area contributed by atoms with Crippen molar-refractivity contribution in [3.8, 4) is 0 Å². The predicted octanol–water partition coefficient (Wildman–Crippen LogP) is 2.52. The van der Waals surface area contributed by atoms with Crippen LogP contribution in [0.1, 0.15) is 32.6 Å². The average Bonchev–Trinajstić information content (AvgIpc) is 2.68. The van der Waals surface area contributed by atoms with Crippen LogP contribution in [-0.4, -0.2) is 23.8 Å². The zero-order chi connectivity index (χ0) is 10.2. The molecule has 0 aromatic heterocycles. The maximum absolute atomic E-state index is 11.3. The molecule has 78 valence electrons. The van der Waals surface area contributed by atoms with Crippen LogP contribution in [0.3, 0.4) is 0 Å². The Kier molecular flexibility index (Phi) is 5.05. The molecule has 1 aliphatic rings. The average molecular weight is 193 g/mol. The predicted molar refractivity (Wildman–Crippen MR) is 59.0 cm³/mol. The second kappa shape index (κ2) is 6.41. The number of nitrogens with zero attached hydrogens (tertiary/aromatic N) is 1. The van der Waals surface area contributed by atoms with Gasteiger partial charge in [0.1, 0.15) is 0 Å². The normalized spacial score (nSPS) is 15.6. The monoisotopic (exact) mass is 193 g/mol. The smallest absolute Gasteiger partial charge is 0.157 e. The standard InChI is InChI=1S/C12H19NO/c1-2-3-4-7-12(14)8-11-13-9-5-6-10-13/h5-6,8,11H,2-4,7,9-10H2,1H3/b11-8+. The van der Waals surface area contributed by atoms with Gasteiger partial charge in [0.15, 0.2) is 5.78 Å². The highest BCUT2D eigenvalue weighted by Gasteiger charge is 2.01. The van der Waals surface area contributed by atoms with Crippen molar-refractivity contribution >= 4 is 5.78 Å². The van der Waals surface area contributed by atoms with Crippen molar-refractivity contribution in [2.24, 2.45) is 0 Å². The molecule has 1 heterocycles. The van der Waals surface area contributed by atoms with E-state index in [0.717, 1.165) is 25.9 Å². The van der Waals surface area contributed by atoms with Crippen molar-refractivity contribution < 1.29 is 4.79 Å². The number of hydrogen-bond donors (Lipinski definition) is 0. The third kappa shape index (κ3) is 4.26. The molecule has 0 aromatic carbocycles. The van der Waals surface area contributed by atoms with Gasteiger partial charge in [-0.1, -0.05) is 31.9 Å². The summed E-state index contributed by atoms with van der Waals surface area (Å²) in [7, 11) is 0. The van der Waals surface area contributed by atoms with E-state index < -0.39 is 0 Å². The van der Waals surface area contributed by atoms with Crippen LogP contribution in [0.25, 0.3) is 0 Å². The zero-order valence-corrected chi connectivity index (χ0v) is 8.91. The molecule has 0 unspecified atom stereocenters. The van der Waals surface area contributed by atoms with Gasteiger partial charge in [-0.05, 0) is 12.5 Å². The maximum atomic E-state index is 11.3. The van der Waals surface area contributed by atoms with Gasteiger partial charge in [0.05, 0.1) is 0 Å². The molecule has 2 nitrogen and oxygen atoms in total. The molecule has 0 saturated carbocycles. The first kappa shape index (κ1) is 11.0. The van der Waals surface area contributed by atoms with E-state index in [1.165, 1.54) is 6.42 Å². The first-order valence-electron chi connectivity index (χ1n) is 5.43. The van der Waals surface area contributed by atoms with Crippen LogP contribution in [0, 0.1) is 0 Å². The van der Waals surface area contributed by atoms with E-state index in [-0.39, 0.29) is 5.78 Å². The van der Waals surface area contributed by atoms with Gasteiger partial charge in [0.25, 0.3) is 0 Å². The van der Waals surface area contributed by atoms with E-state index >= 15 is 0 Å². The van der Waals surface area contributed by atoms with Gasteiger partial charge < -0.3 is 4.90 Å². The minimum Gasteiger partial charge on any atom is -0.370 e. The molecule has 0 bridgehead atoms. The molecule has 0 saturated heterocycles. The molecule has 14 heavy (non-hydrogen) atoms. The summed E-state index contributed by atoms with van der Waals surface area (Å²) in [6, 6.07) is 0. The number of allylic oxidation sites excluding steroid dienone is 1. The quantitative estimate of drug-likeness (QED) is 0.367. The lowest BCUT2D eigenvalue weighted by Crippen LogP contribution is -2.12. The summed E-state index contributed by atoms with van der Waals surface area (Å²) in [6.45, 7) is 4.04. The van der Waals surface area contributed by atoms with Gasteiger partial charge >= 0.3 is 0 Å². The molecule has 1 rings (SSSR count). The fourth-order valence-corrected chi connectivity index (χ4v) is 1.44. The van der Waals surface area contributed by atoms with Crippen LogP contribution < -0.4 is 0 Å². The summed E-state index contributed by atoms with van der Waals surface area (Å²) in [6.07, 6.45) is 11.9. The van der Waals surface area contributed by atoms with Gasteiger partial charge in [-0.15, -0.1) is 0 Å². The number of carbonyl (C=O) groups is 1. The Morgan fingerprint density at radius 1 is 1.36 bits per heavy atom. The van der Waals surface area contributed by atoms with Crippen LogP contribution in [0.4, 0.5) is 0 Å². The number of rotatable bonds is 6. The van der Waals surface area contributed by atoms with Gasteiger partial charge in [-0.25, -0.2) is 0 Å². The largest absolute Gasteiger partial charge is 0.370 e. The molecule has 2 heteroatoms. The lowest BCUT2D eigenvalue weighted by atomic mass is 10.1. The lowest BCUT2D eigenvalue weighted by molar-refractivity contribution is -0.114. The van der Waals surface area contributed by atoms with E-state index in [2.05, 4.69) is 24.0 Å². The fourth-order valence-electron chi connectivity index (χ4n) is 1.44. The summed E-state index contributed by atoms with van der Waals surface area (Å²) in [5, 5.41) is 0.